The summed E-state index contributed by atoms with van der Waals surface area (Å²) in [7, 11) is -3.76. The van der Waals surface area contributed by atoms with Crippen LogP contribution in [0.4, 0.5) is 4.39 Å². The molecule has 0 spiro atoms. The number of benzene rings is 3. The van der Waals surface area contributed by atoms with E-state index >= 15 is 0 Å². The van der Waals surface area contributed by atoms with Gasteiger partial charge in [0.25, 0.3) is 5.91 Å². The van der Waals surface area contributed by atoms with Crippen molar-refractivity contribution < 1.29 is 27.1 Å². The average molecular weight is 499 g/mol. The zero-order valence-corrected chi connectivity index (χ0v) is 20.1. The van der Waals surface area contributed by atoms with Crippen molar-refractivity contribution in [2.75, 3.05) is 19.7 Å². The van der Waals surface area contributed by atoms with Gasteiger partial charge in [0.2, 0.25) is 10.0 Å². The summed E-state index contributed by atoms with van der Waals surface area (Å²) in [5.74, 6) is -1.93. The number of esters is 1. The van der Waals surface area contributed by atoms with Gasteiger partial charge in [-0.2, -0.15) is 4.31 Å². The maximum atomic E-state index is 13.1. The molecule has 1 heterocycles. The summed E-state index contributed by atoms with van der Waals surface area (Å²) >= 11 is 0. The van der Waals surface area contributed by atoms with Crippen LogP contribution in [-0.2, 0) is 24.3 Å². The van der Waals surface area contributed by atoms with Crippen molar-refractivity contribution in [3.63, 3.8) is 0 Å². The Morgan fingerprint density at radius 1 is 1.03 bits per heavy atom. The molecule has 1 N–H and O–H groups in total. The molecule has 1 amide bonds. The molecule has 3 aromatic rings. The van der Waals surface area contributed by atoms with Crippen molar-refractivity contribution in [3.8, 4) is 0 Å². The number of rotatable bonds is 7. The summed E-state index contributed by atoms with van der Waals surface area (Å²) in [5, 5.41) is 4.98. The van der Waals surface area contributed by atoms with Crippen LogP contribution in [0.25, 0.3) is 10.8 Å². The number of nitrogens with zero attached hydrogens (tertiary/aromatic N) is 1. The molecule has 1 fully saturated rings. The first-order valence-electron chi connectivity index (χ1n) is 11.4. The van der Waals surface area contributed by atoms with Crippen LogP contribution in [0.1, 0.15) is 31.4 Å². The van der Waals surface area contributed by atoms with E-state index in [2.05, 4.69) is 5.32 Å². The quantitative estimate of drug-likeness (QED) is 0.500. The van der Waals surface area contributed by atoms with Gasteiger partial charge in [0.05, 0.1) is 16.9 Å². The normalized spacial score (nSPS) is 16.1. The van der Waals surface area contributed by atoms with Crippen LogP contribution in [0.5, 0.6) is 0 Å². The third-order valence-electron chi connectivity index (χ3n) is 6.25. The van der Waals surface area contributed by atoms with Crippen molar-refractivity contribution in [1.29, 1.82) is 0 Å². The fraction of sp³-hybridized carbons (Fsp3) is 0.308. The number of hydrogen-bond acceptors (Lipinski definition) is 5. The number of sulfonamides is 1. The second kappa shape index (κ2) is 10.5. The molecule has 7 nitrogen and oxygen atoms in total. The lowest BCUT2D eigenvalue weighted by atomic mass is 9.98. The van der Waals surface area contributed by atoms with Crippen LogP contribution in [0.3, 0.4) is 0 Å². The minimum Gasteiger partial charge on any atom is -0.455 e. The van der Waals surface area contributed by atoms with E-state index in [1.54, 1.807) is 0 Å². The number of piperidine rings is 1. The monoisotopic (exact) mass is 498 g/mol. The molecule has 3 aromatic carbocycles. The Balaban J connectivity index is 1.27. The summed E-state index contributed by atoms with van der Waals surface area (Å²) in [6.45, 7) is 1.76. The summed E-state index contributed by atoms with van der Waals surface area (Å²) < 4.78 is 45.1. The zero-order valence-electron chi connectivity index (χ0n) is 19.3. The highest BCUT2D eigenvalue weighted by atomic mass is 32.2. The first-order chi connectivity index (χ1) is 16.8. The summed E-state index contributed by atoms with van der Waals surface area (Å²) in [5.41, 5.74) is 0.970. The number of amides is 1. The fourth-order valence-electron chi connectivity index (χ4n) is 4.33. The molecule has 1 unspecified atom stereocenters. The maximum Gasteiger partial charge on any atom is 0.309 e. The fourth-order valence-corrected chi connectivity index (χ4v) is 5.80. The van der Waals surface area contributed by atoms with Crippen LogP contribution < -0.4 is 5.32 Å². The molecule has 35 heavy (non-hydrogen) atoms. The van der Waals surface area contributed by atoms with Gasteiger partial charge in [-0.15, -0.1) is 0 Å². The summed E-state index contributed by atoms with van der Waals surface area (Å²) in [6.07, 6.45) is 0.570. The van der Waals surface area contributed by atoms with E-state index in [1.165, 1.54) is 16.4 Å². The number of fused-ring (bicyclic) bond motifs is 1. The molecule has 1 aliphatic heterocycles. The van der Waals surface area contributed by atoms with Gasteiger partial charge in [0.1, 0.15) is 5.82 Å². The zero-order chi connectivity index (χ0) is 25.0. The van der Waals surface area contributed by atoms with E-state index in [1.807, 2.05) is 49.4 Å². The van der Waals surface area contributed by atoms with Gasteiger partial charge < -0.3 is 10.1 Å². The molecule has 0 aromatic heterocycles. The van der Waals surface area contributed by atoms with E-state index in [4.69, 9.17) is 4.74 Å². The number of nitrogens with one attached hydrogen (secondary N) is 1. The Labute approximate surface area is 203 Å². The molecule has 4 rings (SSSR count). The third kappa shape index (κ3) is 5.68. The Kier molecular flexibility index (Phi) is 7.47. The number of ether oxygens (including phenoxy) is 1. The number of carbonyl (C=O) groups is 2. The van der Waals surface area contributed by atoms with E-state index in [-0.39, 0.29) is 36.9 Å². The Bertz CT molecular complexity index is 1310. The lowest BCUT2D eigenvalue weighted by Crippen LogP contribution is -2.41. The highest BCUT2D eigenvalue weighted by Crippen LogP contribution is 2.26. The molecule has 184 valence electrons. The smallest absolute Gasteiger partial charge is 0.309 e. The van der Waals surface area contributed by atoms with Crippen molar-refractivity contribution >= 4 is 32.7 Å². The Morgan fingerprint density at radius 2 is 1.69 bits per heavy atom. The van der Waals surface area contributed by atoms with E-state index < -0.39 is 40.2 Å². The maximum absolute atomic E-state index is 13.1. The third-order valence-corrected chi connectivity index (χ3v) is 8.16. The highest BCUT2D eigenvalue weighted by molar-refractivity contribution is 7.89. The Morgan fingerprint density at radius 3 is 2.40 bits per heavy atom. The van der Waals surface area contributed by atoms with Gasteiger partial charge in [-0.25, -0.2) is 12.8 Å². The second-order valence-corrected chi connectivity index (χ2v) is 10.5. The largest absolute Gasteiger partial charge is 0.455 e. The lowest BCUT2D eigenvalue weighted by Gasteiger charge is -2.30. The van der Waals surface area contributed by atoms with Crippen molar-refractivity contribution in [3.05, 3.63) is 78.1 Å². The predicted octanol–water partition coefficient (Wildman–Crippen LogP) is 3.80. The minimum absolute atomic E-state index is 0.0110. The molecule has 0 saturated carbocycles. The van der Waals surface area contributed by atoms with E-state index in [9.17, 15) is 22.4 Å². The molecule has 0 bridgehead atoms. The molecule has 1 saturated heterocycles. The summed E-state index contributed by atoms with van der Waals surface area (Å²) in [4.78, 5) is 24.9. The van der Waals surface area contributed by atoms with Crippen LogP contribution in [0.2, 0.25) is 0 Å². The van der Waals surface area contributed by atoms with Gasteiger partial charge >= 0.3 is 5.97 Å². The van der Waals surface area contributed by atoms with E-state index in [0.717, 1.165) is 28.5 Å². The molecule has 1 atom stereocenters. The van der Waals surface area contributed by atoms with Gasteiger partial charge in [-0.05, 0) is 60.4 Å². The van der Waals surface area contributed by atoms with Crippen LogP contribution in [0, 0.1) is 11.7 Å². The molecular formula is C26H27FN2O5S. The van der Waals surface area contributed by atoms with Gasteiger partial charge in [-0.3, -0.25) is 9.59 Å². The first kappa shape index (κ1) is 24.8. The van der Waals surface area contributed by atoms with Crippen LogP contribution in [0.15, 0.2) is 71.6 Å². The van der Waals surface area contributed by atoms with Gasteiger partial charge in [-0.1, -0.05) is 42.5 Å². The van der Waals surface area contributed by atoms with Crippen molar-refractivity contribution in [2.24, 2.45) is 5.92 Å². The number of hydrogen-bond donors (Lipinski definition) is 1. The molecule has 0 radical (unpaired) electrons. The minimum atomic E-state index is -3.76. The lowest BCUT2D eigenvalue weighted by molar-refractivity contribution is -0.153. The molecule has 9 heteroatoms. The average Bonchev–Trinajstić information content (AvgIpc) is 2.87. The SMILES string of the molecule is CC(NC(=O)COC(=O)C1CCN(S(=O)(=O)c2ccc(F)cc2)CC1)c1cccc2ccccc12. The topological polar surface area (TPSA) is 92.8 Å². The number of halogens is 1. The summed E-state index contributed by atoms with van der Waals surface area (Å²) in [6, 6.07) is 18.2. The van der Waals surface area contributed by atoms with Crippen LogP contribution >= 0.6 is 0 Å². The van der Waals surface area contributed by atoms with Crippen LogP contribution in [-0.4, -0.2) is 44.3 Å². The first-order valence-corrected chi connectivity index (χ1v) is 12.9. The van der Waals surface area contributed by atoms with E-state index in [0.29, 0.717) is 0 Å². The van der Waals surface area contributed by atoms with Crippen molar-refractivity contribution in [1.82, 2.24) is 9.62 Å². The van der Waals surface area contributed by atoms with Gasteiger partial charge in [0, 0.05) is 13.1 Å². The second-order valence-electron chi connectivity index (χ2n) is 8.60. The highest BCUT2D eigenvalue weighted by Gasteiger charge is 2.33. The molecule has 0 aliphatic carbocycles. The number of carbonyl (C=O) groups excluding carboxylic acids is 2. The molecular weight excluding hydrogens is 471 g/mol. The standard InChI is InChI=1S/C26H27FN2O5S/c1-18(23-8-4-6-19-5-2-3-7-24(19)23)28-25(30)17-34-26(31)20-13-15-29(16-14-20)35(32,33)22-11-9-21(27)10-12-22/h2-12,18,20H,13-17H2,1H3,(H,28,30). The molecule has 1 aliphatic rings. The van der Waals surface area contributed by atoms with Gasteiger partial charge in [0.15, 0.2) is 6.61 Å². The predicted molar refractivity (Wildman–Crippen MR) is 129 cm³/mol. The van der Waals surface area contributed by atoms with Crippen molar-refractivity contribution in [2.45, 2.75) is 30.7 Å². The Hall–Kier alpha value is -3.30.